The van der Waals surface area contributed by atoms with E-state index in [1.54, 1.807) is 0 Å². The second kappa shape index (κ2) is 7.10. The van der Waals surface area contributed by atoms with Crippen LogP contribution in [0.25, 0.3) is 0 Å². The van der Waals surface area contributed by atoms with E-state index in [0.29, 0.717) is 29.1 Å². The summed E-state index contributed by atoms with van der Waals surface area (Å²) >= 11 is 12.3. The number of hydrogen-bond acceptors (Lipinski definition) is 1. The number of likely N-dealkylation sites (N-methyl/N-ethyl adjacent to an activating group) is 1. The summed E-state index contributed by atoms with van der Waals surface area (Å²) in [5, 5.41) is 10.5. The highest BCUT2D eigenvalue weighted by atomic mass is 35.5. The predicted molar refractivity (Wildman–Crippen MR) is 91.0 cm³/mol. The van der Waals surface area contributed by atoms with Crippen LogP contribution in [0, 0.1) is 5.92 Å². The van der Waals surface area contributed by atoms with Gasteiger partial charge in [0.15, 0.2) is 0 Å². The molecule has 0 heterocycles. The summed E-state index contributed by atoms with van der Waals surface area (Å²) < 4.78 is 0. The average molecular weight is 344 g/mol. The Bertz CT molecular complexity index is 549. The number of hydrogen-bond donors (Lipinski definition) is 1. The number of halogens is 2. The Morgan fingerprint density at radius 2 is 2.09 bits per heavy atom. The van der Waals surface area contributed by atoms with E-state index in [9.17, 15) is 9.90 Å². The van der Waals surface area contributed by atoms with E-state index in [0.717, 1.165) is 24.8 Å². The molecule has 122 valence electrons. The molecule has 1 fully saturated rings. The molecule has 1 aliphatic rings. The fourth-order valence-corrected chi connectivity index (χ4v) is 3.93. The van der Waals surface area contributed by atoms with Crippen LogP contribution < -0.4 is 0 Å². The van der Waals surface area contributed by atoms with Crippen molar-refractivity contribution < 1.29 is 9.90 Å². The maximum Gasteiger partial charge on any atom is 0.407 e. The van der Waals surface area contributed by atoms with Crippen LogP contribution in [0.4, 0.5) is 4.79 Å². The van der Waals surface area contributed by atoms with Crippen molar-refractivity contribution in [2.24, 2.45) is 5.92 Å². The molecule has 1 saturated carbocycles. The van der Waals surface area contributed by atoms with Gasteiger partial charge < -0.3 is 10.0 Å². The number of amides is 1. The summed E-state index contributed by atoms with van der Waals surface area (Å²) in [6.07, 6.45) is 3.54. The fraction of sp³-hybridized carbons (Fsp3) is 0.588. The highest BCUT2D eigenvalue weighted by molar-refractivity contribution is 6.42. The molecule has 1 N–H and O–H groups in total. The molecule has 0 bridgehead atoms. The van der Waals surface area contributed by atoms with Crippen molar-refractivity contribution in [1.82, 2.24) is 4.90 Å². The van der Waals surface area contributed by atoms with Gasteiger partial charge in [-0.3, -0.25) is 0 Å². The molecule has 22 heavy (non-hydrogen) atoms. The predicted octanol–water partition coefficient (Wildman–Crippen LogP) is 5.44. The molecule has 0 saturated heterocycles. The Balaban J connectivity index is 2.45. The molecule has 1 aromatic carbocycles. The van der Waals surface area contributed by atoms with Gasteiger partial charge in [-0.2, -0.15) is 0 Å². The molecule has 1 aromatic rings. The van der Waals surface area contributed by atoms with Crippen LogP contribution in [0.2, 0.25) is 10.0 Å². The Morgan fingerprint density at radius 3 is 2.64 bits per heavy atom. The van der Waals surface area contributed by atoms with Gasteiger partial charge in [-0.05, 0) is 43.4 Å². The molecule has 0 aliphatic heterocycles. The Kier molecular flexibility index (Phi) is 5.62. The van der Waals surface area contributed by atoms with E-state index in [1.165, 1.54) is 11.3 Å². The van der Waals surface area contributed by atoms with E-state index >= 15 is 0 Å². The number of carboxylic acid groups (broad SMARTS) is 1. The van der Waals surface area contributed by atoms with Gasteiger partial charge in [-0.15, -0.1) is 0 Å². The van der Waals surface area contributed by atoms with Crippen molar-refractivity contribution in [3.8, 4) is 0 Å². The van der Waals surface area contributed by atoms with Gasteiger partial charge in [0.05, 0.1) is 10.0 Å². The quantitative estimate of drug-likeness (QED) is 0.790. The highest BCUT2D eigenvalue weighted by Crippen LogP contribution is 2.45. The van der Waals surface area contributed by atoms with Crippen LogP contribution in [-0.4, -0.2) is 29.2 Å². The molecule has 3 nitrogen and oxygen atoms in total. The van der Waals surface area contributed by atoms with Crippen LogP contribution in [0.15, 0.2) is 18.2 Å². The normalized spacial score (nSPS) is 25.0. The number of nitrogens with zero attached hydrogens (tertiary/aromatic N) is 1. The second-order valence-electron chi connectivity index (χ2n) is 6.23. The van der Waals surface area contributed by atoms with Crippen molar-refractivity contribution >= 4 is 29.3 Å². The van der Waals surface area contributed by atoms with E-state index in [4.69, 9.17) is 23.2 Å². The first-order valence-corrected chi connectivity index (χ1v) is 8.59. The standard InChI is InChI=1S/C17H23Cl2NO2/c1-3-20(16(21)22)11-17(9-5-4-6-12(17)2)13-7-8-14(18)15(19)10-13/h7-8,10,12H,3-6,9,11H2,1-2H3,(H,21,22). The molecule has 0 radical (unpaired) electrons. The SMILES string of the molecule is CCN(CC1(c2ccc(Cl)c(Cl)c2)CCCCC1C)C(=O)O. The van der Waals surface area contributed by atoms with Gasteiger partial charge in [0.1, 0.15) is 0 Å². The molecule has 0 spiro atoms. The van der Waals surface area contributed by atoms with Crippen molar-refractivity contribution in [2.45, 2.75) is 44.9 Å². The zero-order valence-corrected chi connectivity index (χ0v) is 14.6. The zero-order valence-electron chi connectivity index (χ0n) is 13.1. The lowest BCUT2D eigenvalue weighted by atomic mass is 9.63. The fourth-order valence-electron chi connectivity index (χ4n) is 3.63. The van der Waals surface area contributed by atoms with Crippen molar-refractivity contribution in [3.05, 3.63) is 33.8 Å². The highest BCUT2D eigenvalue weighted by Gasteiger charge is 2.42. The summed E-state index contributed by atoms with van der Waals surface area (Å²) in [5.74, 6) is 0.409. The number of benzene rings is 1. The van der Waals surface area contributed by atoms with Crippen molar-refractivity contribution in [2.75, 3.05) is 13.1 Å². The van der Waals surface area contributed by atoms with E-state index in [2.05, 4.69) is 6.92 Å². The average Bonchev–Trinajstić information content (AvgIpc) is 2.49. The monoisotopic (exact) mass is 343 g/mol. The third kappa shape index (κ3) is 3.36. The molecule has 2 rings (SSSR count). The van der Waals surface area contributed by atoms with Crippen LogP contribution >= 0.6 is 23.2 Å². The minimum absolute atomic E-state index is 0.180. The van der Waals surface area contributed by atoms with Gasteiger partial charge in [0.25, 0.3) is 0 Å². The Morgan fingerprint density at radius 1 is 1.36 bits per heavy atom. The van der Waals surface area contributed by atoms with Crippen LogP contribution in [0.5, 0.6) is 0 Å². The van der Waals surface area contributed by atoms with Crippen molar-refractivity contribution in [1.29, 1.82) is 0 Å². The Labute approximate surface area is 142 Å². The Hall–Kier alpha value is -0.930. The maximum atomic E-state index is 11.5. The van der Waals surface area contributed by atoms with Crippen molar-refractivity contribution in [3.63, 3.8) is 0 Å². The van der Waals surface area contributed by atoms with Gasteiger partial charge in [-0.1, -0.05) is 49.0 Å². The summed E-state index contributed by atoms with van der Waals surface area (Å²) in [7, 11) is 0. The minimum atomic E-state index is -0.861. The van der Waals surface area contributed by atoms with Gasteiger partial charge in [-0.25, -0.2) is 4.79 Å². The largest absolute Gasteiger partial charge is 0.465 e. The molecule has 0 aromatic heterocycles. The van der Waals surface area contributed by atoms with Crippen LogP contribution in [0.3, 0.4) is 0 Å². The lowest BCUT2D eigenvalue weighted by Gasteiger charge is -2.45. The molecule has 2 atom stereocenters. The summed E-state index contributed by atoms with van der Waals surface area (Å²) in [6.45, 7) is 5.10. The summed E-state index contributed by atoms with van der Waals surface area (Å²) in [6, 6.07) is 5.74. The molecular weight excluding hydrogens is 321 g/mol. The summed E-state index contributed by atoms with van der Waals surface area (Å²) in [4.78, 5) is 13.0. The lowest BCUT2D eigenvalue weighted by Crippen LogP contribution is -2.48. The number of rotatable bonds is 4. The second-order valence-corrected chi connectivity index (χ2v) is 7.04. The topological polar surface area (TPSA) is 40.5 Å². The third-order valence-electron chi connectivity index (χ3n) is 5.07. The molecule has 1 amide bonds. The summed E-state index contributed by atoms with van der Waals surface area (Å²) in [5.41, 5.74) is 0.926. The maximum absolute atomic E-state index is 11.5. The van der Waals surface area contributed by atoms with Gasteiger partial charge in [0.2, 0.25) is 0 Å². The first-order chi connectivity index (χ1) is 10.4. The van der Waals surface area contributed by atoms with Gasteiger partial charge >= 0.3 is 6.09 Å². The number of carbonyl (C=O) groups is 1. The van der Waals surface area contributed by atoms with Crippen LogP contribution in [0.1, 0.15) is 45.1 Å². The molecule has 5 heteroatoms. The molecule has 1 aliphatic carbocycles. The first-order valence-electron chi connectivity index (χ1n) is 7.84. The molecular formula is C17H23Cl2NO2. The smallest absolute Gasteiger partial charge is 0.407 e. The van der Waals surface area contributed by atoms with E-state index < -0.39 is 6.09 Å². The minimum Gasteiger partial charge on any atom is -0.465 e. The lowest BCUT2D eigenvalue weighted by molar-refractivity contribution is 0.104. The van der Waals surface area contributed by atoms with E-state index in [1.807, 2.05) is 25.1 Å². The van der Waals surface area contributed by atoms with Gasteiger partial charge in [0, 0.05) is 18.5 Å². The first kappa shape index (κ1) is 17.4. The third-order valence-corrected chi connectivity index (χ3v) is 5.81. The zero-order chi connectivity index (χ0) is 16.3. The van der Waals surface area contributed by atoms with Crippen LogP contribution in [-0.2, 0) is 5.41 Å². The van der Waals surface area contributed by atoms with E-state index in [-0.39, 0.29) is 5.41 Å². The molecule has 2 unspecified atom stereocenters.